The van der Waals surface area contributed by atoms with Crippen LogP contribution in [0.1, 0.15) is 18.4 Å². The molecule has 0 radical (unpaired) electrons. The molecule has 0 aromatic heterocycles. The van der Waals surface area contributed by atoms with E-state index in [0.29, 0.717) is 38.9 Å². The fourth-order valence-corrected chi connectivity index (χ4v) is 3.38. The number of rotatable bonds is 7. The Labute approximate surface area is 184 Å². The summed E-state index contributed by atoms with van der Waals surface area (Å²) in [4.78, 5) is 6.75. The second-order valence-corrected chi connectivity index (χ2v) is 6.90. The van der Waals surface area contributed by atoms with Gasteiger partial charge in [-0.1, -0.05) is 6.07 Å². The largest absolute Gasteiger partial charge is 0.490 e. The van der Waals surface area contributed by atoms with E-state index in [0.717, 1.165) is 55.6 Å². The van der Waals surface area contributed by atoms with Crippen LogP contribution < -0.4 is 14.8 Å². The lowest BCUT2D eigenvalue weighted by molar-refractivity contribution is 0.0536. The van der Waals surface area contributed by atoms with E-state index >= 15 is 0 Å². The van der Waals surface area contributed by atoms with Gasteiger partial charge in [0.1, 0.15) is 0 Å². The van der Waals surface area contributed by atoms with Gasteiger partial charge in [0.25, 0.3) is 0 Å². The van der Waals surface area contributed by atoms with Crippen LogP contribution in [-0.2, 0) is 16.0 Å². The van der Waals surface area contributed by atoms with Gasteiger partial charge in [0, 0.05) is 46.1 Å². The average molecular weight is 505 g/mol. The second kappa shape index (κ2) is 12.3. The molecule has 0 amide bonds. The Morgan fingerprint density at radius 3 is 2.86 bits per heavy atom. The Kier molecular flexibility index (Phi) is 10.1. The third-order valence-electron chi connectivity index (χ3n) is 4.85. The molecule has 1 fully saturated rings. The molecule has 1 saturated heterocycles. The van der Waals surface area contributed by atoms with Crippen LogP contribution in [0, 0.1) is 5.92 Å². The number of benzene rings is 1. The van der Waals surface area contributed by atoms with Gasteiger partial charge < -0.3 is 29.2 Å². The first-order valence-corrected chi connectivity index (χ1v) is 9.71. The molecule has 0 saturated carbocycles. The molecular weight excluding hydrogens is 473 g/mol. The van der Waals surface area contributed by atoms with Crippen molar-refractivity contribution in [3.05, 3.63) is 23.8 Å². The van der Waals surface area contributed by atoms with Crippen LogP contribution in [0.15, 0.2) is 23.2 Å². The highest BCUT2D eigenvalue weighted by Gasteiger charge is 2.25. The van der Waals surface area contributed by atoms with Crippen LogP contribution in [0.5, 0.6) is 11.5 Å². The number of ether oxygens (including phenoxy) is 4. The fraction of sp³-hybridized carbons (Fsp3) is 0.650. The normalized spacial score (nSPS) is 19.1. The van der Waals surface area contributed by atoms with Crippen LogP contribution in [0.3, 0.4) is 0 Å². The molecule has 2 aliphatic rings. The van der Waals surface area contributed by atoms with Gasteiger partial charge in [0.15, 0.2) is 17.5 Å². The van der Waals surface area contributed by atoms with E-state index in [1.807, 2.05) is 13.1 Å². The van der Waals surface area contributed by atoms with Crippen LogP contribution in [-0.4, -0.2) is 71.1 Å². The fourth-order valence-electron chi connectivity index (χ4n) is 3.38. The van der Waals surface area contributed by atoms with Crippen molar-refractivity contribution in [3.63, 3.8) is 0 Å². The SMILES string of the molecule is CN=C(NCc1ccc2c(c1)OCCCO2)N1CCC(COCCOC)C1.I. The molecular formula is C20H32IN3O4. The van der Waals surface area contributed by atoms with Gasteiger partial charge in [-0.3, -0.25) is 4.99 Å². The lowest BCUT2D eigenvalue weighted by Gasteiger charge is -2.22. The van der Waals surface area contributed by atoms with Crippen molar-refractivity contribution >= 4 is 29.9 Å². The zero-order valence-electron chi connectivity index (χ0n) is 16.8. The van der Waals surface area contributed by atoms with Gasteiger partial charge in [-0.2, -0.15) is 0 Å². The van der Waals surface area contributed by atoms with Gasteiger partial charge in [-0.05, 0) is 24.1 Å². The van der Waals surface area contributed by atoms with E-state index in [9.17, 15) is 0 Å². The Morgan fingerprint density at radius 1 is 1.25 bits per heavy atom. The molecule has 0 aliphatic carbocycles. The van der Waals surface area contributed by atoms with Gasteiger partial charge in [-0.25, -0.2) is 0 Å². The topological polar surface area (TPSA) is 64.6 Å². The van der Waals surface area contributed by atoms with Gasteiger partial charge in [-0.15, -0.1) is 24.0 Å². The standard InChI is InChI=1S/C20H31N3O4.HI/c1-21-20(23-7-6-17(14-23)15-25-11-10-24-2)22-13-16-4-5-18-19(12-16)27-9-3-8-26-18;/h4-5,12,17H,3,6-11,13-15H2,1-2H3,(H,21,22);1H. The maximum Gasteiger partial charge on any atom is 0.193 e. The maximum atomic E-state index is 5.77. The van der Waals surface area contributed by atoms with E-state index < -0.39 is 0 Å². The van der Waals surface area contributed by atoms with Crippen LogP contribution in [0.2, 0.25) is 0 Å². The summed E-state index contributed by atoms with van der Waals surface area (Å²) < 4.78 is 22.2. The zero-order chi connectivity index (χ0) is 18.9. The second-order valence-electron chi connectivity index (χ2n) is 6.90. The van der Waals surface area contributed by atoms with Crippen molar-refractivity contribution in [1.29, 1.82) is 0 Å². The van der Waals surface area contributed by atoms with Crippen molar-refractivity contribution in [3.8, 4) is 11.5 Å². The van der Waals surface area contributed by atoms with Crippen molar-refractivity contribution in [2.24, 2.45) is 10.9 Å². The highest BCUT2D eigenvalue weighted by molar-refractivity contribution is 14.0. The first-order chi connectivity index (χ1) is 13.3. The number of guanidine groups is 1. The maximum absolute atomic E-state index is 5.77. The molecule has 7 nitrogen and oxygen atoms in total. The third kappa shape index (κ3) is 6.66. The highest BCUT2D eigenvalue weighted by atomic mass is 127. The monoisotopic (exact) mass is 505 g/mol. The van der Waals surface area contributed by atoms with Crippen molar-refractivity contribution in [2.45, 2.75) is 19.4 Å². The van der Waals surface area contributed by atoms with E-state index in [1.165, 1.54) is 0 Å². The van der Waals surface area contributed by atoms with E-state index in [-0.39, 0.29) is 24.0 Å². The molecule has 0 spiro atoms. The van der Waals surface area contributed by atoms with E-state index in [1.54, 1.807) is 7.11 Å². The Hall–Kier alpha value is -1.26. The molecule has 28 heavy (non-hydrogen) atoms. The summed E-state index contributed by atoms with van der Waals surface area (Å²) in [5.41, 5.74) is 1.15. The summed E-state index contributed by atoms with van der Waals surface area (Å²) in [7, 11) is 3.53. The number of nitrogens with zero attached hydrogens (tertiary/aromatic N) is 2. The van der Waals surface area contributed by atoms with Crippen LogP contribution in [0.4, 0.5) is 0 Å². The van der Waals surface area contributed by atoms with Crippen LogP contribution >= 0.6 is 24.0 Å². The minimum atomic E-state index is 0. The lowest BCUT2D eigenvalue weighted by Crippen LogP contribution is -2.39. The number of fused-ring (bicyclic) bond motifs is 1. The summed E-state index contributed by atoms with van der Waals surface area (Å²) in [5.74, 6) is 3.13. The summed E-state index contributed by atoms with van der Waals surface area (Å²) in [5, 5.41) is 3.47. The molecule has 1 atom stereocenters. The molecule has 2 heterocycles. The first-order valence-electron chi connectivity index (χ1n) is 9.71. The molecule has 1 unspecified atom stereocenters. The van der Waals surface area contributed by atoms with Crippen LogP contribution in [0.25, 0.3) is 0 Å². The van der Waals surface area contributed by atoms with Crippen molar-refractivity contribution < 1.29 is 18.9 Å². The smallest absolute Gasteiger partial charge is 0.193 e. The molecule has 1 aromatic rings. The molecule has 1 N–H and O–H groups in total. The predicted octanol–water partition coefficient (Wildman–Crippen LogP) is 2.53. The lowest BCUT2D eigenvalue weighted by atomic mass is 10.1. The van der Waals surface area contributed by atoms with E-state index in [4.69, 9.17) is 18.9 Å². The summed E-state index contributed by atoms with van der Waals surface area (Å²) >= 11 is 0. The molecule has 158 valence electrons. The van der Waals surface area contributed by atoms with Crippen molar-refractivity contribution in [1.82, 2.24) is 10.2 Å². The number of hydrogen-bond donors (Lipinski definition) is 1. The highest BCUT2D eigenvalue weighted by Crippen LogP contribution is 2.30. The van der Waals surface area contributed by atoms with Gasteiger partial charge in [0.2, 0.25) is 0 Å². The van der Waals surface area contributed by atoms with E-state index in [2.05, 4.69) is 27.3 Å². The number of aliphatic imine (C=N–C) groups is 1. The Balaban J connectivity index is 0.00000280. The molecule has 0 bridgehead atoms. The summed E-state index contributed by atoms with van der Waals surface area (Å²) in [6.07, 6.45) is 2.04. The minimum absolute atomic E-state index is 0. The number of halogens is 1. The third-order valence-corrected chi connectivity index (χ3v) is 4.85. The number of methoxy groups -OCH3 is 1. The Morgan fingerprint density at radius 2 is 2.07 bits per heavy atom. The van der Waals surface area contributed by atoms with Gasteiger partial charge >= 0.3 is 0 Å². The van der Waals surface area contributed by atoms with Gasteiger partial charge in [0.05, 0.1) is 33.0 Å². The summed E-state index contributed by atoms with van der Waals surface area (Å²) in [6.45, 7) is 6.16. The number of nitrogens with one attached hydrogen (secondary N) is 1. The molecule has 2 aliphatic heterocycles. The minimum Gasteiger partial charge on any atom is -0.490 e. The average Bonchev–Trinajstić information content (AvgIpc) is 3.02. The number of hydrogen-bond acceptors (Lipinski definition) is 5. The predicted molar refractivity (Wildman–Crippen MR) is 120 cm³/mol. The zero-order valence-corrected chi connectivity index (χ0v) is 19.1. The molecule has 1 aromatic carbocycles. The quantitative estimate of drug-likeness (QED) is 0.266. The van der Waals surface area contributed by atoms with Crippen molar-refractivity contribution in [2.75, 3.05) is 60.3 Å². The Bertz CT molecular complexity index is 629. The first kappa shape index (κ1) is 23.0. The summed E-state index contributed by atoms with van der Waals surface area (Å²) in [6, 6.07) is 6.12. The number of likely N-dealkylation sites (tertiary alicyclic amines) is 1. The molecule has 8 heteroatoms. The molecule has 3 rings (SSSR count).